The molecule has 0 aliphatic rings. The van der Waals surface area contributed by atoms with E-state index in [2.05, 4.69) is 9.13 Å². The van der Waals surface area contributed by atoms with Crippen LogP contribution in [0.2, 0.25) is 0 Å². The highest BCUT2D eigenvalue weighted by molar-refractivity contribution is 5.76. The average molecular weight is 391 g/mol. The molecule has 0 saturated carbocycles. The summed E-state index contributed by atoms with van der Waals surface area (Å²) >= 11 is 0. The van der Waals surface area contributed by atoms with Gasteiger partial charge in [0.05, 0.1) is 48.3 Å². The van der Waals surface area contributed by atoms with E-state index in [0.717, 1.165) is 33.7 Å². The number of aromatic nitrogens is 4. The molecule has 2 aromatic heterocycles. The van der Waals surface area contributed by atoms with Gasteiger partial charge >= 0.3 is 5.97 Å². The Bertz CT molecular complexity index is 1080. The van der Waals surface area contributed by atoms with Crippen LogP contribution in [0.4, 0.5) is 0 Å². The lowest BCUT2D eigenvalue weighted by Gasteiger charge is -2.20. The van der Waals surface area contributed by atoms with Crippen LogP contribution in [-0.4, -0.2) is 43.1 Å². The lowest BCUT2D eigenvalue weighted by atomic mass is 10.3. The summed E-state index contributed by atoms with van der Waals surface area (Å²) < 4.78 is 9.33. The molecule has 0 bridgehead atoms. The maximum atomic E-state index is 12.2. The van der Waals surface area contributed by atoms with Gasteiger partial charge in [-0.15, -0.1) is 0 Å². The van der Waals surface area contributed by atoms with Gasteiger partial charge in [-0.25, -0.2) is 9.97 Å². The van der Waals surface area contributed by atoms with Gasteiger partial charge in [0.2, 0.25) is 0 Å². The third kappa shape index (κ3) is 3.86. The number of hydrogen-bond acceptors (Lipinski definition) is 5. The van der Waals surface area contributed by atoms with E-state index >= 15 is 0 Å². The van der Waals surface area contributed by atoms with Crippen molar-refractivity contribution in [2.75, 3.05) is 13.2 Å². The van der Waals surface area contributed by atoms with Gasteiger partial charge in [0, 0.05) is 14.1 Å². The second-order valence-electron chi connectivity index (χ2n) is 7.10. The third-order valence-electron chi connectivity index (χ3n) is 5.15. The summed E-state index contributed by atoms with van der Waals surface area (Å²) in [4.78, 5) is 23.8. The van der Waals surface area contributed by atoms with E-state index in [4.69, 9.17) is 14.7 Å². The molecule has 2 aromatic carbocycles. The Kier molecular flexibility index (Phi) is 5.31. The minimum Gasteiger partial charge on any atom is -0.465 e. The summed E-state index contributed by atoms with van der Waals surface area (Å²) in [6.45, 7) is 3.41. The lowest BCUT2D eigenvalue weighted by Crippen LogP contribution is -2.32. The molecular formula is C22H25N5O2. The summed E-state index contributed by atoms with van der Waals surface area (Å²) in [5.41, 5.74) is 4.04. The maximum Gasteiger partial charge on any atom is 0.320 e. The largest absolute Gasteiger partial charge is 0.465 e. The summed E-state index contributed by atoms with van der Waals surface area (Å²) in [6, 6.07) is 16.1. The molecule has 0 spiro atoms. The van der Waals surface area contributed by atoms with E-state index in [-0.39, 0.29) is 12.5 Å². The predicted octanol–water partition coefficient (Wildman–Crippen LogP) is 3.03. The highest BCUT2D eigenvalue weighted by atomic mass is 16.5. The van der Waals surface area contributed by atoms with Crippen molar-refractivity contribution >= 4 is 28.0 Å². The lowest BCUT2D eigenvalue weighted by molar-refractivity contribution is -0.144. The molecule has 0 saturated heterocycles. The molecule has 150 valence electrons. The van der Waals surface area contributed by atoms with Gasteiger partial charge in [0.15, 0.2) is 0 Å². The summed E-state index contributed by atoms with van der Waals surface area (Å²) in [6.07, 6.45) is 0. The first-order valence-electron chi connectivity index (χ1n) is 9.75. The molecule has 4 rings (SSSR count). The number of fused-ring (bicyclic) bond motifs is 2. The molecule has 0 amide bonds. The monoisotopic (exact) mass is 391 g/mol. The number of carbonyl (C=O) groups excluding carboxylic acids is 1. The Morgan fingerprint density at radius 3 is 1.83 bits per heavy atom. The zero-order valence-corrected chi connectivity index (χ0v) is 17.0. The Hall–Kier alpha value is -3.19. The van der Waals surface area contributed by atoms with Crippen molar-refractivity contribution in [3.8, 4) is 0 Å². The number of nitrogens with zero attached hydrogens (tertiary/aromatic N) is 5. The number of imidazole rings is 2. The first-order chi connectivity index (χ1) is 14.1. The van der Waals surface area contributed by atoms with Gasteiger partial charge in [-0.05, 0) is 31.2 Å². The van der Waals surface area contributed by atoms with Crippen molar-refractivity contribution in [2.24, 2.45) is 14.1 Å². The Labute approximate surface area is 169 Å². The summed E-state index contributed by atoms with van der Waals surface area (Å²) in [5, 5.41) is 0. The molecule has 2 heterocycles. The fraction of sp³-hybridized carbons (Fsp3) is 0.318. The van der Waals surface area contributed by atoms with Crippen LogP contribution in [0, 0.1) is 0 Å². The van der Waals surface area contributed by atoms with E-state index in [1.165, 1.54) is 0 Å². The fourth-order valence-electron chi connectivity index (χ4n) is 3.63. The van der Waals surface area contributed by atoms with E-state index in [0.29, 0.717) is 19.7 Å². The highest BCUT2D eigenvalue weighted by Gasteiger charge is 2.19. The summed E-state index contributed by atoms with van der Waals surface area (Å²) in [7, 11) is 4.00. The number of esters is 1. The second-order valence-corrected chi connectivity index (χ2v) is 7.10. The smallest absolute Gasteiger partial charge is 0.320 e. The van der Waals surface area contributed by atoms with Crippen LogP contribution in [0.1, 0.15) is 18.6 Å². The number of carbonyl (C=O) groups is 1. The molecule has 4 aromatic rings. The van der Waals surface area contributed by atoms with Gasteiger partial charge in [-0.1, -0.05) is 24.3 Å². The van der Waals surface area contributed by atoms with Crippen LogP contribution in [0.25, 0.3) is 22.1 Å². The standard InChI is InChI=1S/C22H25N5O2/c1-4-29-22(28)15-27(13-20-23-16-9-5-7-11-18(16)25(20)2)14-21-24-17-10-6-8-12-19(17)26(21)3/h5-12H,4,13-15H2,1-3H3. The van der Waals surface area contributed by atoms with Gasteiger partial charge in [-0.3, -0.25) is 9.69 Å². The minimum absolute atomic E-state index is 0.181. The van der Waals surface area contributed by atoms with Gasteiger partial charge in [0.25, 0.3) is 0 Å². The molecule has 0 fully saturated rings. The van der Waals surface area contributed by atoms with Crippen LogP contribution < -0.4 is 0 Å². The fourth-order valence-corrected chi connectivity index (χ4v) is 3.63. The first-order valence-corrected chi connectivity index (χ1v) is 9.75. The van der Waals surface area contributed by atoms with Crippen LogP contribution in [-0.2, 0) is 36.7 Å². The van der Waals surface area contributed by atoms with Gasteiger partial charge in [0.1, 0.15) is 11.6 Å². The Morgan fingerprint density at radius 1 is 0.897 bits per heavy atom. The molecular weight excluding hydrogens is 366 g/mol. The van der Waals surface area contributed by atoms with Gasteiger partial charge < -0.3 is 13.9 Å². The van der Waals surface area contributed by atoms with Crippen LogP contribution >= 0.6 is 0 Å². The molecule has 7 heteroatoms. The second kappa shape index (κ2) is 8.05. The molecule has 0 aliphatic carbocycles. The molecule has 0 aliphatic heterocycles. The normalized spacial score (nSPS) is 11.6. The van der Waals surface area contributed by atoms with E-state index in [1.54, 1.807) is 0 Å². The van der Waals surface area contributed by atoms with Crippen LogP contribution in [0.3, 0.4) is 0 Å². The minimum atomic E-state index is -0.245. The van der Waals surface area contributed by atoms with Crippen molar-refractivity contribution in [1.29, 1.82) is 0 Å². The van der Waals surface area contributed by atoms with Crippen molar-refractivity contribution in [2.45, 2.75) is 20.0 Å². The van der Waals surface area contributed by atoms with Crippen LogP contribution in [0.15, 0.2) is 48.5 Å². The van der Waals surface area contributed by atoms with Crippen molar-refractivity contribution in [3.05, 3.63) is 60.2 Å². The molecule has 0 atom stereocenters. The predicted molar refractivity (Wildman–Crippen MR) is 112 cm³/mol. The first kappa shape index (κ1) is 19.1. The van der Waals surface area contributed by atoms with Crippen molar-refractivity contribution < 1.29 is 9.53 Å². The number of ether oxygens (including phenoxy) is 1. The quantitative estimate of drug-likeness (QED) is 0.453. The maximum absolute atomic E-state index is 12.2. The van der Waals surface area contributed by atoms with E-state index in [1.807, 2.05) is 74.4 Å². The highest BCUT2D eigenvalue weighted by Crippen LogP contribution is 2.19. The Morgan fingerprint density at radius 2 is 1.38 bits per heavy atom. The SMILES string of the molecule is CCOC(=O)CN(Cc1nc2ccccc2n1C)Cc1nc2ccccc2n1C. The van der Waals surface area contributed by atoms with Crippen molar-refractivity contribution in [3.63, 3.8) is 0 Å². The third-order valence-corrected chi connectivity index (χ3v) is 5.15. The van der Waals surface area contributed by atoms with Crippen LogP contribution in [0.5, 0.6) is 0 Å². The number of benzene rings is 2. The molecule has 7 nitrogen and oxygen atoms in total. The zero-order chi connectivity index (χ0) is 20.4. The number of para-hydroxylation sites is 4. The molecule has 0 N–H and O–H groups in total. The van der Waals surface area contributed by atoms with E-state index in [9.17, 15) is 4.79 Å². The van der Waals surface area contributed by atoms with Crippen molar-refractivity contribution in [1.82, 2.24) is 24.0 Å². The number of hydrogen-bond donors (Lipinski definition) is 0. The zero-order valence-electron chi connectivity index (χ0n) is 17.0. The average Bonchev–Trinajstić information content (AvgIpc) is 3.19. The molecule has 0 unspecified atom stereocenters. The topological polar surface area (TPSA) is 65.2 Å². The number of rotatable bonds is 7. The van der Waals surface area contributed by atoms with Gasteiger partial charge in [-0.2, -0.15) is 0 Å². The molecule has 29 heavy (non-hydrogen) atoms. The summed E-state index contributed by atoms with van der Waals surface area (Å²) in [5.74, 6) is 1.55. The van der Waals surface area contributed by atoms with E-state index < -0.39 is 0 Å². The number of aryl methyl sites for hydroxylation is 2. The molecule has 0 radical (unpaired) electrons. The Balaban J connectivity index is 1.64.